The molecule has 0 aromatic heterocycles. The molecule has 8 heteroatoms. The first kappa shape index (κ1) is 22.1. The maximum atomic E-state index is 13.4. The summed E-state index contributed by atoms with van der Waals surface area (Å²) in [4.78, 5) is 41.9. The maximum absolute atomic E-state index is 13.4. The van der Waals surface area contributed by atoms with Gasteiger partial charge in [0.1, 0.15) is 6.04 Å². The summed E-state index contributed by atoms with van der Waals surface area (Å²) in [6.45, 7) is 1.84. The SMILES string of the molecule is COC(CN(C(=O)c1ccccc1C)C1CC(=O)N(c2ccc(Br)cc2)C1=O)OC. The summed E-state index contributed by atoms with van der Waals surface area (Å²) in [5.41, 5.74) is 1.71. The largest absolute Gasteiger partial charge is 0.354 e. The Morgan fingerprint density at radius 2 is 1.77 bits per heavy atom. The summed E-state index contributed by atoms with van der Waals surface area (Å²) < 4.78 is 11.4. The zero-order valence-corrected chi connectivity index (χ0v) is 18.6. The van der Waals surface area contributed by atoms with Gasteiger partial charge in [-0.05, 0) is 42.8 Å². The number of benzene rings is 2. The van der Waals surface area contributed by atoms with Gasteiger partial charge in [0.15, 0.2) is 6.29 Å². The molecule has 3 amide bonds. The quantitative estimate of drug-likeness (QED) is 0.455. The van der Waals surface area contributed by atoms with Crippen LogP contribution in [-0.2, 0) is 19.1 Å². The van der Waals surface area contributed by atoms with E-state index >= 15 is 0 Å². The molecule has 0 aliphatic carbocycles. The molecule has 158 valence electrons. The van der Waals surface area contributed by atoms with Crippen LogP contribution in [0.3, 0.4) is 0 Å². The van der Waals surface area contributed by atoms with Crippen molar-refractivity contribution >= 4 is 39.3 Å². The Balaban J connectivity index is 1.96. The van der Waals surface area contributed by atoms with E-state index in [1.807, 2.05) is 19.1 Å². The first-order valence-corrected chi connectivity index (χ1v) is 10.2. The highest BCUT2D eigenvalue weighted by Crippen LogP contribution is 2.28. The van der Waals surface area contributed by atoms with Crippen LogP contribution in [0.1, 0.15) is 22.3 Å². The first-order chi connectivity index (χ1) is 14.4. The van der Waals surface area contributed by atoms with Gasteiger partial charge in [-0.2, -0.15) is 0 Å². The highest BCUT2D eigenvalue weighted by atomic mass is 79.9. The van der Waals surface area contributed by atoms with Gasteiger partial charge in [0, 0.05) is 24.3 Å². The number of nitrogens with zero attached hydrogens (tertiary/aromatic N) is 2. The molecule has 0 spiro atoms. The fraction of sp³-hybridized carbons (Fsp3) is 0.318. The Kier molecular flexibility index (Phi) is 7.02. The van der Waals surface area contributed by atoms with E-state index in [4.69, 9.17) is 9.47 Å². The molecule has 1 aliphatic rings. The minimum atomic E-state index is -0.943. The summed E-state index contributed by atoms with van der Waals surface area (Å²) in [7, 11) is 2.92. The van der Waals surface area contributed by atoms with Gasteiger partial charge in [0.05, 0.1) is 18.7 Å². The van der Waals surface area contributed by atoms with E-state index in [2.05, 4.69) is 15.9 Å². The number of methoxy groups -OCH3 is 2. The van der Waals surface area contributed by atoms with Crippen molar-refractivity contribution in [3.63, 3.8) is 0 Å². The third kappa shape index (κ3) is 4.45. The van der Waals surface area contributed by atoms with Crippen molar-refractivity contribution in [1.29, 1.82) is 0 Å². The number of rotatable bonds is 7. The van der Waals surface area contributed by atoms with Crippen LogP contribution in [0, 0.1) is 6.92 Å². The van der Waals surface area contributed by atoms with Crippen LogP contribution >= 0.6 is 15.9 Å². The van der Waals surface area contributed by atoms with Gasteiger partial charge >= 0.3 is 0 Å². The van der Waals surface area contributed by atoms with Crippen LogP contribution in [0.5, 0.6) is 0 Å². The Morgan fingerprint density at radius 3 is 2.37 bits per heavy atom. The molecule has 0 saturated carbocycles. The van der Waals surface area contributed by atoms with Crippen molar-refractivity contribution in [3.05, 3.63) is 64.1 Å². The Hall–Kier alpha value is -2.55. The number of carbonyl (C=O) groups is 3. The first-order valence-electron chi connectivity index (χ1n) is 9.42. The van der Waals surface area contributed by atoms with E-state index in [0.29, 0.717) is 11.3 Å². The van der Waals surface area contributed by atoms with E-state index < -0.39 is 18.2 Å². The van der Waals surface area contributed by atoms with Crippen molar-refractivity contribution in [3.8, 4) is 0 Å². The second kappa shape index (κ2) is 9.51. The molecule has 1 atom stereocenters. The fourth-order valence-electron chi connectivity index (χ4n) is 3.45. The monoisotopic (exact) mass is 474 g/mol. The molecule has 1 heterocycles. The summed E-state index contributed by atoms with van der Waals surface area (Å²) in [5.74, 6) is -1.16. The Morgan fingerprint density at radius 1 is 1.13 bits per heavy atom. The standard InChI is InChI=1S/C22H23BrN2O5/c1-14-6-4-5-7-17(14)21(27)24(13-20(29-2)30-3)18-12-19(26)25(22(18)28)16-10-8-15(23)9-11-16/h4-11,18,20H,12-13H2,1-3H3. The summed E-state index contributed by atoms with van der Waals surface area (Å²) in [6, 6.07) is 13.1. The van der Waals surface area contributed by atoms with Gasteiger partial charge in [0.25, 0.3) is 11.8 Å². The predicted molar refractivity (Wildman–Crippen MR) is 115 cm³/mol. The normalized spacial score (nSPS) is 16.4. The third-order valence-corrected chi connectivity index (χ3v) is 5.62. The van der Waals surface area contributed by atoms with E-state index in [9.17, 15) is 14.4 Å². The summed E-state index contributed by atoms with van der Waals surface area (Å²) >= 11 is 3.34. The predicted octanol–water partition coefficient (Wildman–Crippen LogP) is 3.15. The average molecular weight is 475 g/mol. The lowest BCUT2D eigenvalue weighted by Gasteiger charge is -2.30. The molecular formula is C22H23BrN2O5. The molecule has 2 aromatic rings. The van der Waals surface area contributed by atoms with E-state index in [1.54, 1.807) is 36.4 Å². The summed E-state index contributed by atoms with van der Waals surface area (Å²) in [5, 5.41) is 0. The second-order valence-corrected chi connectivity index (χ2v) is 7.85. The lowest BCUT2D eigenvalue weighted by Crippen LogP contribution is -2.49. The van der Waals surface area contributed by atoms with Gasteiger partial charge in [-0.1, -0.05) is 34.1 Å². The minimum Gasteiger partial charge on any atom is -0.354 e. The molecule has 1 aliphatic heterocycles. The molecule has 0 radical (unpaired) electrons. The Bertz CT molecular complexity index is 943. The van der Waals surface area contributed by atoms with Gasteiger partial charge in [0.2, 0.25) is 5.91 Å². The molecule has 0 bridgehead atoms. The number of carbonyl (C=O) groups excluding carboxylic acids is 3. The van der Waals surface area contributed by atoms with Crippen LogP contribution in [-0.4, -0.2) is 55.7 Å². The molecule has 3 rings (SSSR count). The van der Waals surface area contributed by atoms with Crippen LogP contribution in [0.15, 0.2) is 53.0 Å². The summed E-state index contributed by atoms with van der Waals surface area (Å²) in [6.07, 6.45) is -0.838. The highest BCUT2D eigenvalue weighted by Gasteiger charge is 2.45. The zero-order chi connectivity index (χ0) is 21.8. The minimum absolute atomic E-state index is 0.0119. The number of imide groups is 1. The number of aryl methyl sites for hydroxylation is 1. The molecule has 2 aromatic carbocycles. The smallest absolute Gasteiger partial charge is 0.257 e. The second-order valence-electron chi connectivity index (χ2n) is 6.94. The van der Waals surface area contributed by atoms with E-state index in [0.717, 1.165) is 14.9 Å². The van der Waals surface area contributed by atoms with Crippen molar-refractivity contribution in [2.24, 2.45) is 0 Å². The molecule has 7 nitrogen and oxygen atoms in total. The number of hydrogen-bond acceptors (Lipinski definition) is 5. The molecular weight excluding hydrogens is 452 g/mol. The topological polar surface area (TPSA) is 76.2 Å². The van der Waals surface area contributed by atoms with Crippen molar-refractivity contribution < 1.29 is 23.9 Å². The molecule has 1 unspecified atom stereocenters. The fourth-order valence-corrected chi connectivity index (χ4v) is 3.71. The highest BCUT2D eigenvalue weighted by molar-refractivity contribution is 9.10. The van der Waals surface area contributed by atoms with Gasteiger partial charge in [-0.3, -0.25) is 14.4 Å². The number of hydrogen-bond donors (Lipinski definition) is 0. The molecule has 1 saturated heterocycles. The van der Waals surface area contributed by atoms with Gasteiger partial charge in [-0.25, -0.2) is 4.90 Å². The average Bonchev–Trinajstić information content (AvgIpc) is 3.03. The maximum Gasteiger partial charge on any atom is 0.257 e. The molecule has 1 fully saturated rings. The number of anilines is 1. The van der Waals surface area contributed by atoms with Crippen LogP contribution in [0.2, 0.25) is 0 Å². The lowest BCUT2D eigenvalue weighted by molar-refractivity contribution is -0.128. The van der Waals surface area contributed by atoms with Crippen molar-refractivity contribution in [2.45, 2.75) is 25.7 Å². The van der Waals surface area contributed by atoms with E-state index in [1.165, 1.54) is 19.1 Å². The van der Waals surface area contributed by atoms with E-state index in [-0.39, 0.29) is 24.8 Å². The van der Waals surface area contributed by atoms with Crippen molar-refractivity contribution in [1.82, 2.24) is 4.90 Å². The molecule has 30 heavy (non-hydrogen) atoms. The van der Waals surface area contributed by atoms with Crippen LogP contribution in [0.25, 0.3) is 0 Å². The van der Waals surface area contributed by atoms with Crippen LogP contribution in [0.4, 0.5) is 5.69 Å². The number of ether oxygens (including phenoxy) is 2. The molecule has 0 N–H and O–H groups in total. The van der Waals surface area contributed by atoms with Crippen LogP contribution < -0.4 is 4.90 Å². The number of amides is 3. The number of halogens is 1. The third-order valence-electron chi connectivity index (χ3n) is 5.09. The Labute approximate surface area is 183 Å². The lowest BCUT2D eigenvalue weighted by atomic mass is 10.1. The van der Waals surface area contributed by atoms with Crippen molar-refractivity contribution in [2.75, 3.05) is 25.7 Å². The van der Waals surface area contributed by atoms with Gasteiger partial charge < -0.3 is 14.4 Å². The van der Waals surface area contributed by atoms with Gasteiger partial charge in [-0.15, -0.1) is 0 Å². The zero-order valence-electron chi connectivity index (χ0n) is 17.0.